The van der Waals surface area contributed by atoms with E-state index in [1.165, 1.54) is 0 Å². The van der Waals surface area contributed by atoms with Gasteiger partial charge in [0, 0.05) is 0 Å². The zero-order valence-electron chi connectivity index (χ0n) is 5.69. The molecule has 0 saturated heterocycles. The summed E-state index contributed by atoms with van der Waals surface area (Å²) in [5.74, 6) is 0. The van der Waals surface area contributed by atoms with Crippen molar-refractivity contribution < 1.29 is 4.33 Å². The van der Waals surface area contributed by atoms with Crippen LogP contribution in [0.5, 0.6) is 0 Å². The molecule has 0 aliphatic rings. The molecular weight excluding hydrogens is 162 g/mol. The van der Waals surface area contributed by atoms with Crippen molar-refractivity contribution in [1.29, 1.82) is 0 Å². The van der Waals surface area contributed by atoms with E-state index in [0.717, 1.165) is 0 Å². The molecule has 0 saturated carbocycles. The molecule has 0 unspecified atom stereocenters. The molecule has 0 fully saturated rings. The molecule has 0 aromatic heterocycles. The van der Waals surface area contributed by atoms with Gasteiger partial charge in [0.1, 0.15) is 4.33 Å². The minimum Gasteiger partial charge on any atom is -0.250 e. The van der Waals surface area contributed by atoms with E-state index in [4.69, 9.17) is 0 Å². The molecule has 0 aliphatic carbocycles. The van der Waals surface area contributed by atoms with E-state index in [0.29, 0.717) is 22.4 Å². The number of nitrogens with zero attached hydrogens (tertiary/aromatic N) is 1. The number of rotatable bonds is 2. The summed E-state index contributed by atoms with van der Waals surface area (Å²) in [6, 6.07) is 6.97. The highest BCUT2D eigenvalue weighted by Gasteiger charge is 2.06. The van der Waals surface area contributed by atoms with Crippen molar-refractivity contribution in [2.24, 2.45) is 0 Å². The van der Waals surface area contributed by atoms with Gasteiger partial charge in [0.05, 0.1) is 4.90 Å². The third kappa shape index (κ3) is 2.23. The summed E-state index contributed by atoms with van der Waals surface area (Å²) in [5.41, 5.74) is 0.689. The smallest absolute Gasteiger partial charge is 0.250 e. The molecule has 4 heteroatoms. The Kier molecular flexibility index (Phi) is 2.48. The van der Waals surface area contributed by atoms with Crippen LogP contribution in [0.4, 0.5) is 0 Å². The van der Waals surface area contributed by atoms with E-state index < -0.39 is 4.33 Å². The van der Waals surface area contributed by atoms with Crippen molar-refractivity contribution in [3.05, 3.63) is 46.9 Å². The SMILES string of the molecule is [CH2]c1ccccc1S[N+](=O)[O-]. The van der Waals surface area contributed by atoms with Crippen LogP contribution in [0.15, 0.2) is 29.2 Å². The maximum atomic E-state index is 10.1. The van der Waals surface area contributed by atoms with Gasteiger partial charge in [0.15, 0.2) is 0 Å². The Labute approximate surface area is 68.7 Å². The van der Waals surface area contributed by atoms with Crippen molar-refractivity contribution in [3.63, 3.8) is 0 Å². The normalized spacial score (nSPS) is 9.55. The third-order valence-corrected chi connectivity index (χ3v) is 1.89. The minimum atomic E-state index is -0.440. The first-order valence-electron chi connectivity index (χ1n) is 2.93. The zero-order valence-corrected chi connectivity index (χ0v) is 6.50. The van der Waals surface area contributed by atoms with Gasteiger partial charge < -0.3 is 0 Å². The van der Waals surface area contributed by atoms with E-state index in [-0.39, 0.29) is 0 Å². The van der Waals surface area contributed by atoms with Gasteiger partial charge in [-0.25, -0.2) is 0 Å². The van der Waals surface area contributed by atoms with Crippen LogP contribution in [0.2, 0.25) is 0 Å². The predicted molar refractivity (Wildman–Crippen MR) is 43.8 cm³/mol. The predicted octanol–water partition coefficient (Wildman–Crippen LogP) is 2.15. The standard InChI is InChI=1S/C7H6NO2S/c1-6-4-2-3-5-7(6)11-8(9)10/h2-5H,1H2. The summed E-state index contributed by atoms with van der Waals surface area (Å²) >= 11 is 0.585. The van der Waals surface area contributed by atoms with Crippen LogP contribution in [0, 0.1) is 17.0 Å². The number of hydrogen-bond donors (Lipinski definition) is 0. The van der Waals surface area contributed by atoms with Gasteiger partial charge >= 0.3 is 0 Å². The number of nitro groups is 1. The summed E-state index contributed by atoms with van der Waals surface area (Å²) in [7, 11) is 0. The molecule has 0 spiro atoms. The largest absolute Gasteiger partial charge is 0.265 e. The summed E-state index contributed by atoms with van der Waals surface area (Å²) in [4.78, 5) is 10.7. The molecule has 1 aromatic carbocycles. The molecule has 1 aromatic rings. The Morgan fingerprint density at radius 2 is 2.09 bits per heavy atom. The van der Waals surface area contributed by atoms with Gasteiger partial charge in [-0.3, -0.25) is 10.1 Å². The van der Waals surface area contributed by atoms with Gasteiger partial charge in [-0.2, -0.15) is 0 Å². The van der Waals surface area contributed by atoms with Gasteiger partial charge in [0.2, 0.25) is 0 Å². The molecule has 3 nitrogen and oxygen atoms in total. The van der Waals surface area contributed by atoms with Crippen LogP contribution in [0.25, 0.3) is 0 Å². The second kappa shape index (κ2) is 3.39. The lowest BCUT2D eigenvalue weighted by Gasteiger charge is -1.94. The molecule has 0 bridgehead atoms. The highest BCUT2D eigenvalue weighted by molar-refractivity contribution is 7.93. The van der Waals surface area contributed by atoms with Gasteiger partial charge in [0.25, 0.3) is 11.9 Å². The van der Waals surface area contributed by atoms with E-state index in [1.807, 2.05) is 0 Å². The Hall–Kier alpha value is -1.03. The molecular formula is C7H6NO2S. The first-order valence-corrected chi connectivity index (χ1v) is 3.71. The van der Waals surface area contributed by atoms with Crippen LogP contribution < -0.4 is 0 Å². The first-order chi connectivity index (χ1) is 5.20. The van der Waals surface area contributed by atoms with Crippen LogP contribution in [0.3, 0.4) is 0 Å². The summed E-state index contributed by atoms with van der Waals surface area (Å²) < 4.78 is -0.440. The fourth-order valence-electron chi connectivity index (χ4n) is 0.673. The van der Waals surface area contributed by atoms with E-state index in [2.05, 4.69) is 6.92 Å². The second-order valence-electron chi connectivity index (χ2n) is 1.92. The van der Waals surface area contributed by atoms with Crippen molar-refractivity contribution in [2.75, 3.05) is 0 Å². The van der Waals surface area contributed by atoms with Crippen LogP contribution in [0.1, 0.15) is 5.56 Å². The Morgan fingerprint density at radius 1 is 1.45 bits per heavy atom. The molecule has 0 atom stereocenters. The Balaban J connectivity index is 2.86. The number of hydrogen-bond acceptors (Lipinski definition) is 3. The summed E-state index contributed by atoms with van der Waals surface area (Å²) in [6.07, 6.45) is 0. The lowest BCUT2D eigenvalue weighted by atomic mass is 10.2. The topological polar surface area (TPSA) is 43.1 Å². The lowest BCUT2D eigenvalue weighted by Crippen LogP contribution is -1.85. The quantitative estimate of drug-likeness (QED) is 0.386. The highest BCUT2D eigenvalue weighted by atomic mass is 32.2. The van der Waals surface area contributed by atoms with Crippen molar-refractivity contribution in [3.8, 4) is 0 Å². The molecule has 0 N–H and O–H groups in total. The average molecular weight is 168 g/mol. The summed E-state index contributed by atoms with van der Waals surface area (Å²) in [6.45, 7) is 3.65. The van der Waals surface area contributed by atoms with Crippen LogP contribution >= 0.6 is 11.9 Å². The molecule has 57 valence electrons. The fraction of sp³-hybridized carbons (Fsp3) is 0. The molecule has 0 aliphatic heterocycles. The first kappa shape index (κ1) is 8.07. The molecule has 1 radical (unpaired) electrons. The fourth-order valence-corrected chi connectivity index (χ4v) is 1.16. The number of benzene rings is 1. The summed E-state index contributed by atoms with van der Waals surface area (Å²) in [5, 5.41) is 10.1. The van der Waals surface area contributed by atoms with E-state index in [9.17, 15) is 10.1 Å². The molecule has 11 heavy (non-hydrogen) atoms. The van der Waals surface area contributed by atoms with Gasteiger partial charge in [-0.1, -0.05) is 18.2 Å². The van der Waals surface area contributed by atoms with Crippen LogP contribution in [-0.4, -0.2) is 4.33 Å². The highest BCUT2D eigenvalue weighted by Crippen LogP contribution is 2.21. The maximum absolute atomic E-state index is 10.1. The molecule has 1 rings (SSSR count). The maximum Gasteiger partial charge on any atom is 0.265 e. The van der Waals surface area contributed by atoms with Gasteiger partial charge in [-0.05, 0) is 18.6 Å². The Bertz CT molecular complexity index is 275. The second-order valence-corrected chi connectivity index (χ2v) is 2.84. The van der Waals surface area contributed by atoms with Crippen LogP contribution in [-0.2, 0) is 0 Å². The van der Waals surface area contributed by atoms with Crippen molar-refractivity contribution in [1.82, 2.24) is 0 Å². The van der Waals surface area contributed by atoms with E-state index >= 15 is 0 Å². The monoisotopic (exact) mass is 168 g/mol. The van der Waals surface area contributed by atoms with Crippen molar-refractivity contribution in [2.45, 2.75) is 4.90 Å². The molecule has 0 amide bonds. The molecule has 0 heterocycles. The van der Waals surface area contributed by atoms with Gasteiger partial charge in [-0.15, -0.1) is 0 Å². The zero-order chi connectivity index (χ0) is 8.27. The average Bonchev–Trinajstić information content (AvgIpc) is 1.93. The van der Waals surface area contributed by atoms with E-state index in [1.54, 1.807) is 24.3 Å². The van der Waals surface area contributed by atoms with Crippen molar-refractivity contribution >= 4 is 11.9 Å². The lowest BCUT2D eigenvalue weighted by molar-refractivity contribution is -0.284. The third-order valence-electron chi connectivity index (χ3n) is 1.15. The Morgan fingerprint density at radius 3 is 2.64 bits per heavy atom. The minimum absolute atomic E-state index is 0.440.